The quantitative estimate of drug-likeness (QED) is 0.761. The molecule has 0 aliphatic heterocycles. The molecular formula is C5H7BrN2O. The van der Waals surface area contributed by atoms with Crippen molar-refractivity contribution in [2.75, 3.05) is 7.05 Å². The van der Waals surface area contributed by atoms with Gasteiger partial charge in [0.15, 0.2) is 0 Å². The molecule has 1 N–H and O–H groups in total. The molecule has 0 aliphatic carbocycles. The first-order chi connectivity index (χ1) is 4.33. The van der Waals surface area contributed by atoms with Crippen LogP contribution >= 0.6 is 15.9 Å². The van der Waals surface area contributed by atoms with E-state index in [1.807, 2.05) is 13.1 Å². The normalized spacial score (nSPS) is 10.0. The molecule has 0 bridgehead atoms. The van der Waals surface area contributed by atoms with Crippen molar-refractivity contribution < 1.29 is 4.52 Å². The van der Waals surface area contributed by atoms with Crippen LogP contribution in [0.3, 0.4) is 0 Å². The van der Waals surface area contributed by atoms with E-state index in [9.17, 15) is 0 Å². The fourth-order valence-electron chi connectivity index (χ4n) is 0.550. The second-order valence-electron chi connectivity index (χ2n) is 1.65. The minimum atomic E-state index is 0.674. The molecule has 1 aromatic heterocycles. The lowest BCUT2D eigenvalue weighted by Crippen LogP contribution is -2.04. The van der Waals surface area contributed by atoms with Gasteiger partial charge < -0.3 is 9.84 Å². The summed E-state index contributed by atoms with van der Waals surface area (Å²) in [6, 6.07) is 1.83. The Morgan fingerprint density at radius 2 is 2.67 bits per heavy atom. The third-order valence-corrected chi connectivity index (χ3v) is 1.26. The van der Waals surface area contributed by atoms with E-state index in [-0.39, 0.29) is 0 Å². The number of nitrogens with one attached hydrogen (secondary N) is 1. The van der Waals surface area contributed by atoms with E-state index in [0.717, 1.165) is 12.2 Å². The van der Waals surface area contributed by atoms with Crippen molar-refractivity contribution in [1.29, 1.82) is 0 Å². The van der Waals surface area contributed by atoms with E-state index < -0.39 is 0 Å². The second kappa shape index (κ2) is 2.98. The van der Waals surface area contributed by atoms with Crippen LogP contribution in [-0.4, -0.2) is 12.2 Å². The molecule has 0 radical (unpaired) electrons. The molecule has 9 heavy (non-hydrogen) atoms. The Balaban J connectivity index is 2.61. The van der Waals surface area contributed by atoms with E-state index >= 15 is 0 Å². The van der Waals surface area contributed by atoms with Crippen LogP contribution in [0, 0.1) is 0 Å². The van der Waals surface area contributed by atoms with Crippen molar-refractivity contribution in [2.24, 2.45) is 0 Å². The zero-order valence-electron chi connectivity index (χ0n) is 5.02. The van der Waals surface area contributed by atoms with Gasteiger partial charge in [-0.15, -0.1) is 0 Å². The van der Waals surface area contributed by atoms with Crippen LogP contribution in [0.5, 0.6) is 0 Å². The fraction of sp³-hybridized carbons (Fsp3) is 0.400. The summed E-state index contributed by atoms with van der Waals surface area (Å²) in [6.45, 7) is 0.745. The maximum atomic E-state index is 4.74. The van der Waals surface area contributed by atoms with Crippen LogP contribution in [0.15, 0.2) is 15.3 Å². The maximum absolute atomic E-state index is 4.74. The van der Waals surface area contributed by atoms with Gasteiger partial charge in [0.25, 0.3) is 0 Å². The van der Waals surface area contributed by atoms with Gasteiger partial charge in [-0.25, -0.2) is 0 Å². The van der Waals surface area contributed by atoms with Crippen LogP contribution in [0.2, 0.25) is 0 Å². The van der Waals surface area contributed by atoms with Gasteiger partial charge in [0.05, 0.1) is 5.69 Å². The summed E-state index contributed by atoms with van der Waals surface area (Å²) >= 11 is 3.15. The number of rotatable bonds is 2. The van der Waals surface area contributed by atoms with Gasteiger partial charge in [0.2, 0.25) is 4.67 Å². The Bertz CT molecular complexity index is 187. The van der Waals surface area contributed by atoms with Gasteiger partial charge in [-0.05, 0) is 23.0 Å². The topological polar surface area (TPSA) is 38.1 Å². The van der Waals surface area contributed by atoms with Gasteiger partial charge in [-0.3, -0.25) is 0 Å². The third-order valence-electron chi connectivity index (χ3n) is 0.888. The smallest absolute Gasteiger partial charge is 0.202 e. The lowest BCUT2D eigenvalue weighted by atomic mass is 10.4. The first-order valence-electron chi connectivity index (χ1n) is 2.58. The van der Waals surface area contributed by atoms with Crippen molar-refractivity contribution in [2.45, 2.75) is 6.54 Å². The predicted molar refractivity (Wildman–Crippen MR) is 37.0 cm³/mol. The molecule has 4 heteroatoms. The van der Waals surface area contributed by atoms with E-state index in [1.54, 1.807) is 0 Å². The Kier molecular flexibility index (Phi) is 2.24. The van der Waals surface area contributed by atoms with E-state index in [0.29, 0.717) is 4.67 Å². The molecule has 1 rings (SSSR count). The monoisotopic (exact) mass is 190 g/mol. The highest BCUT2D eigenvalue weighted by molar-refractivity contribution is 9.10. The SMILES string of the molecule is CNCc1cc(Br)on1. The molecule has 0 fully saturated rings. The minimum Gasteiger partial charge on any atom is -0.349 e. The van der Waals surface area contributed by atoms with Crippen LogP contribution in [0.25, 0.3) is 0 Å². The zero-order valence-corrected chi connectivity index (χ0v) is 6.60. The standard InChI is InChI=1S/C5H7BrN2O/c1-7-3-4-2-5(6)9-8-4/h2,7H,3H2,1H3. The number of hydrogen-bond donors (Lipinski definition) is 1. The van der Waals surface area contributed by atoms with Crippen molar-refractivity contribution in [1.82, 2.24) is 10.5 Å². The summed E-state index contributed by atoms with van der Waals surface area (Å²) < 4.78 is 5.42. The molecule has 0 unspecified atom stereocenters. The fourth-order valence-corrected chi connectivity index (χ4v) is 0.887. The van der Waals surface area contributed by atoms with E-state index in [1.165, 1.54) is 0 Å². The van der Waals surface area contributed by atoms with E-state index in [4.69, 9.17) is 4.52 Å². The predicted octanol–water partition coefficient (Wildman–Crippen LogP) is 1.16. The molecule has 0 saturated carbocycles. The van der Waals surface area contributed by atoms with Crippen molar-refractivity contribution >= 4 is 15.9 Å². The molecule has 50 valence electrons. The van der Waals surface area contributed by atoms with Gasteiger partial charge in [-0.2, -0.15) is 0 Å². The van der Waals surface area contributed by atoms with Crippen LogP contribution < -0.4 is 5.32 Å². The lowest BCUT2D eigenvalue weighted by molar-refractivity contribution is 0.391. The first-order valence-corrected chi connectivity index (χ1v) is 3.38. The van der Waals surface area contributed by atoms with Crippen molar-refractivity contribution in [3.05, 3.63) is 16.4 Å². The highest BCUT2D eigenvalue weighted by Crippen LogP contribution is 2.09. The largest absolute Gasteiger partial charge is 0.349 e. The van der Waals surface area contributed by atoms with Crippen LogP contribution in [0.4, 0.5) is 0 Å². The molecule has 0 spiro atoms. The minimum absolute atomic E-state index is 0.674. The number of halogens is 1. The average Bonchev–Trinajstić information content (AvgIpc) is 2.17. The molecule has 3 nitrogen and oxygen atoms in total. The summed E-state index contributed by atoms with van der Waals surface area (Å²) in [6.07, 6.45) is 0. The average molecular weight is 191 g/mol. The Morgan fingerprint density at radius 1 is 1.89 bits per heavy atom. The molecule has 0 aliphatic rings. The van der Waals surface area contributed by atoms with Crippen LogP contribution in [-0.2, 0) is 6.54 Å². The molecule has 0 saturated heterocycles. The second-order valence-corrected chi connectivity index (χ2v) is 2.43. The summed E-state index contributed by atoms with van der Waals surface area (Å²) in [7, 11) is 1.86. The Labute approximate surface area is 61.5 Å². The summed E-state index contributed by atoms with van der Waals surface area (Å²) in [5, 5.41) is 6.68. The van der Waals surface area contributed by atoms with Gasteiger partial charge in [-0.1, -0.05) is 5.16 Å². The van der Waals surface area contributed by atoms with Crippen LogP contribution in [0.1, 0.15) is 5.69 Å². The molecule has 0 amide bonds. The van der Waals surface area contributed by atoms with Crippen molar-refractivity contribution in [3.8, 4) is 0 Å². The lowest BCUT2D eigenvalue weighted by Gasteiger charge is -1.86. The maximum Gasteiger partial charge on any atom is 0.202 e. The molecular weight excluding hydrogens is 184 g/mol. The number of aromatic nitrogens is 1. The van der Waals surface area contributed by atoms with Gasteiger partial charge in [0.1, 0.15) is 0 Å². The first kappa shape index (κ1) is 6.77. The molecule has 1 heterocycles. The number of hydrogen-bond acceptors (Lipinski definition) is 3. The number of nitrogens with zero attached hydrogens (tertiary/aromatic N) is 1. The van der Waals surface area contributed by atoms with E-state index in [2.05, 4.69) is 26.4 Å². The highest BCUT2D eigenvalue weighted by Gasteiger charge is 1.96. The molecule has 1 aromatic rings. The Hall–Kier alpha value is -0.350. The summed E-state index contributed by atoms with van der Waals surface area (Å²) in [5.74, 6) is 0. The van der Waals surface area contributed by atoms with Crippen molar-refractivity contribution in [3.63, 3.8) is 0 Å². The Morgan fingerprint density at radius 3 is 3.11 bits per heavy atom. The third kappa shape index (κ3) is 1.80. The molecule has 0 atom stereocenters. The van der Waals surface area contributed by atoms with Gasteiger partial charge in [0, 0.05) is 12.6 Å². The van der Waals surface area contributed by atoms with Gasteiger partial charge >= 0.3 is 0 Å². The molecule has 0 aromatic carbocycles. The zero-order chi connectivity index (χ0) is 6.69. The highest BCUT2D eigenvalue weighted by atomic mass is 79.9. The summed E-state index contributed by atoms with van der Waals surface area (Å²) in [5.41, 5.74) is 0.907. The summed E-state index contributed by atoms with van der Waals surface area (Å²) in [4.78, 5) is 0.